The number of aromatic nitrogens is 1. The Morgan fingerprint density at radius 2 is 2.00 bits per heavy atom. The van der Waals surface area contributed by atoms with E-state index in [0.29, 0.717) is 35.5 Å². The first-order chi connectivity index (χ1) is 15.3. The highest BCUT2D eigenvalue weighted by Crippen LogP contribution is 2.31. The predicted octanol–water partition coefficient (Wildman–Crippen LogP) is 4.00. The molecule has 11 heteroatoms. The number of hydrogen-bond donors (Lipinski definition) is 2. The molecular formula is C21H32N4O5S2. The zero-order valence-electron chi connectivity index (χ0n) is 19.2. The quantitative estimate of drug-likeness (QED) is 0.586. The number of aryl methyl sites for hydroxylation is 1. The summed E-state index contributed by atoms with van der Waals surface area (Å²) in [4.78, 5) is 18.9. The summed E-state index contributed by atoms with van der Waals surface area (Å²) < 4.78 is 38.0. The van der Waals surface area contributed by atoms with E-state index in [1.165, 1.54) is 11.9 Å². The van der Waals surface area contributed by atoms with E-state index in [-0.39, 0.29) is 16.9 Å². The third kappa shape index (κ3) is 6.64. The number of nitrogens with one attached hydrogen (secondary N) is 2. The summed E-state index contributed by atoms with van der Waals surface area (Å²) in [6.07, 6.45) is 1.64. The molecule has 1 atom stereocenters. The maximum atomic E-state index is 13.1. The second-order valence-electron chi connectivity index (χ2n) is 6.71. The smallest absolute Gasteiger partial charge is 0.328 e. The first-order valence-corrected chi connectivity index (χ1v) is 13.0. The van der Waals surface area contributed by atoms with Crippen LogP contribution in [0.3, 0.4) is 0 Å². The predicted molar refractivity (Wildman–Crippen MR) is 127 cm³/mol. The van der Waals surface area contributed by atoms with Gasteiger partial charge in [0.25, 0.3) is 10.0 Å². The van der Waals surface area contributed by atoms with Crippen molar-refractivity contribution in [3.05, 3.63) is 30.0 Å². The van der Waals surface area contributed by atoms with Gasteiger partial charge in [0.15, 0.2) is 9.34 Å². The van der Waals surface area contributed by atoms with Gasteiger partial charge in [-0.05, 0) is 58.0 Å². The number of amides is 2. The Kier molecular flexibility index (Phi) is 9.88. The normalized spacial score (nSPS) is 15.6. The number of carbonyl (C=O) groups excluding carboxylic acids is 1. The highest BCUT2D eigenvalue weighted by atomic mass is 32.2. The molecule has 1 fully saturated rings. The maximum absolute atomic E-state index is 13.1. The van der Waals surface area contributed by atoms with Crippen molar-refractivity contribution < 1.29 is 22.7 Å². The number of rotatable bonds is 8. The van der Waals surface area contributed by atoms with Crippen LogP contribution in [-0.2, 0) is 14.8 Å². The van der Waals surface area contributed by atoms with Gasteiger partial charge < -0.3 is 14.8 Å². The molecular weight excluding hydrogens is 452 g/mol. The van der Waals surface area contributed by atoms with E-state index in [0.717, 1.165) is 24.2 Å². The minimum Gasteiger partial charge on any atom is -0.494 e. The van der Waals surface area contributed by atoms with E-state index < -0.39 is 16.1 Å². The van der Waals surface area contributed by atoms with Crippen LogP contribution in [-0.4, -0.2) is 52.3 Å². The molecule has 1 unspecified atom stereocenters. The maximum Gasteiger partial charge on any atom is 0.328 e. The zero-order chi connectivity index (χ0) is 23.7. The monoisotopic (exact) mass is 484 g/mol. The number of sulfonamides is 1. The van der Waals surface area contributed by atoms with E-state index in [9.17, 15) is 13.2 Å². The number of benzene rings is 1. The van der Waals surface area contributed by atoms with Crippen LogP contribution in [0.2, 0.25) is 0 Å². The van der Waals surface area contributed by atoms with E-state index >= 15 is 0 Å². The van der Waals surface area contributed by atoms with Gasteiger partial charge in [0, 0.05) is 12.3 Å². The van der Waals surface area contributed by atoms with Crippen molar-refractivity contribution in [2.45, 2.75) is 50.8 Å². The molecule has 178 valence electrons. The number of ether oxygens (including phenoxy) is 2. The fourth-order valence-electron chi connectivity index (χ4n) is 3.06. The van der Waals surface area contributed by atoms with Crippen molar-refractivity contribution in [2.24, 2.45) is 0 Å². The molecule has 3 rings (SSSR count). The lowest BCUT2D eigenvalue weighted by Crippen LogP contribution is -2.40. The molecule has 9 nitrogen and oxygen atoms in total. The molecule has 0 radical (unpaired) electrons. The largest absolute Gasteiger partial charge is 0.494 e. The lowest BCUT2D eigenvalue weighted by Gasteiger charge is -2.23. The van der Waals surface area contributed by atoms with Gasteiger partial charge in [-0.1, -0.05) is 25.2 Å². The van der Waals surface area contributed by atoms with E-state index in [1.54, 1.807) is 31.2 Å². The molecule has 1 aliphatic rings. The van der Waals surface area contributed by atoms with Crippen LogP contribution in [0.15, 0.2) is 28.5 Å². The van der Waals surface area contributed by atoms with Crippen LogP contribution < -0.4 is 19.7 Å². The Morgan fingerprint density at radius 3 is 2.56 bits per heavy atom. The third-order valence-electron chi connectivity index (χ3n) is 4.56. The van der Waals surface area contributed by atoms with Crippen LogP contribution in [0, 0.1) is 6.92 Å². The second kappa shape index (κ2) is 12.1. The fourth-order valence-corrected chi connectivity index (χ4v) is 5.40. The fraction of sp³-hybridized carbons (Fsp3) is 0.524. The van der Waals surface area contributed by atoms with Gasteiger partial charge >= 0.3 is 6.03 Å². The van der Waals surface area contributed by atoms with Gasteiger partial charge in [-0.3, -0.25) is 4.90 Å². The van der Waals surface area contributed by atoms with Gasteiger partial charge in [0.05, 0.1) is 24.9 Å². The highest BCUT2D eigenvalue weighted by Gasteiger charge is 2.29. The van der Waals surface area contributed by atoms with Crippen molar-refractivity contribution in [1.29, 1.82) is 0 Å². The molecule has 32 heavy (non-hydrogen) atoms. The van der Waals surface area contributed by atoms with Crippen LogP contribution in [0.5, 0.6) is 5.75 Å². The van der Waals surface area contributed by atoms with Crippen LogP contribution in [0.4, 0.5) is 15.6 Å². The van der Waals surface area contributed by atoms with Crippen LogP contribution >= 0.6 is 11.3 Å². The van der Waals surface area contributed by atoms with E-state index in [2.05, 4.69) is 15.0 Å². The number of anilines is 2. The summed E-state index contributed by atoms with van der Waals surface area (Å²) in [6, 6.07) is 6.63. The first kappa shape index (κ1) is 26.0. The van der Waals surface area contributed by atoms with Crippen molar-refractivity contribution in [3.8, 4) is 5.75 Å². The molecule has 2 heterocycles. The SMILES string of the molecule is CC.CCOc1ccc(NC(=O)N(CC2CCCO2)c2nc(C)c(S(=O)(=O)NC)s2)cc1. The summed E-state index contributed by atoms with van der Waals surface area (Å²) in [6.45, 7) is 9.00. The zero-order valence-corrected chi connectivity index (χ0v) is 20.8. The first-order valence-electron chi connectivity index (χ1n) is 10.7. The molecule has 1 aliphatic heterocycles. The topological polar surface area (TPSA) is 110 Å². The van der Waals surface area contributed by atoms with E-state index in [4.69, 9.17) is 9.47 Å². The summed E-state index contributed by atoms with van der Waals surface area (Å²) >= 11 is 0.958. The Labute approximate surface area is 194 Å². The molecule has 1 aromatic heterocycles. The summed E-state index contributed by atoms with van der Waals surface area (Å²) in [5.41, 5.74) is 0.938. The van der Waals surface area contributed by atoms with Gasteiger partial charge in [-0.15, -0.1) is 0 Å². The molecule has 0 spiro atoms. The standard InChI is InChI=1S/C19H26N4O5S2.C2H6/c1-4-27-15-9-7-14(8-10-15)22-18(24)23(12-16-6-5-11-28-16)19-21-13(2)17(29-19)30(25,26)20-3;1-2/h7-10,16,20H,4-6,11-12H2,1-3H3,(H,22,24);1-2H3. The average molecular weight is 485 g/mol. The van der Waals surface area contributed by atoms with Crippen LogP contribution in [0.25, 0.3) is 0 Å². The number of hydrogen-bond acceptors (Lipinski definition) is 7. The Morgan fingerprint density at radius 1 is 1.31 bits per heavy atom. The highest BCUT2D eigenvalue weighted by molar-refractivity contribution is 7.91. The number of urea groups is 1. The third-order valence-corrected chi connectivity index (χ3v) is 7.76. The van der Waals surface area contributed by atoms with Crippen molar-refractivity contribution in [2.75, 3.05) is 37.0 Å². The lowest BCUT2D eigenvalue weighted by atomic mass is 10.2. The minimum absolute atomic E-state index is 0.0891. The molecule has 2 amide bonds. The van der Waals surface area contributed by atoms with Gasteiger partial charge in [0.2, 0.25) is 0 Å². The van der Waals surface area contributed by atoms with Crippen molar-refractivity contribution in [1.82, 2.24) is 9.71 Å². The van der Waals surface area contributed by atoms with Crippen molar-refractivity contribution in [3.63, 3.8) is 0 Å². The molecule has 0 bridgehead atoms. The molecule has 2 N–H and O–H groups in total. The minimum atomic E-state index is -3.66. The number of nitrogens with zero attached hydrogens (tertiary/aromatic N) is 2. The number of carbonyl (C=O) groups is 1. The molecule has 1 aromatic carbocycles. The van der Waals surface area contributed by atoms with Crippen LogP contribution in [0.1, 0.15) is 39.3 Å². The number of thiazole rings is 1. The molecule has 0 saturated carbocycles. The molecule has 2 aromatic rings. The Hall–Kier alpha value is -2.21. The Balaban J connectivity index is 0.00000176. The summed E-state index contributed by atoms with van der Waals surface area (Å²) in [7, 11) is -2.32. The van der Waals surface area contributed by atoms with Gasteiger partial charge in [-0.2, -0.15) is 0 Å². The molecule has 0 aliphatic carbocycles. The average Bonchev–Trinajstić information content (AvgIpc) is 3.44. The van der Waals surface area contributed by atoms with E-state index in [1.807, 2.05) is 20.8 Å². The summed E-state index contributed by atoms with van der Waals surface area (Å²) in [5.74, 6) is 0.712. The molecule has 1 saturated heterocycles. The Bertz CT molecular complexity index is 971. The second-order valence-corrected chi connectivity index (χ2v) is 9.77. The lowest BCUT2D eigenvalue weighted by molar-refractivity contribution is 0.116. The summed E-state index contributed by atoms with van der Waals surface area (Å²) in [5, 5.41) is 3.15. The van der Waals surface area contributed by atoms with Gasteiger partial charge in [0.1, 0.15) is 5.75 Å². The van der Waals surface area contributed by atoms with Crippen molar-refractivity contribution >= 4 is 38.2 Å². The van der Waals surface area contributed by atoms with Gasteiger partial charge in [-0.25, -0.2) is 22.9 Å².